The Hall–Kier alpha value is -1.06. The van der Waals surface area contributed by atoms with Crippen molar-refractivity contribution in [2.75, 3.05) is 5.75 Å². The summed E-state index contributed by atoms with van der Waals surface area (Å²) in [5.41, 5.74) is 0. The number of thiol groups is 1. The second-order valence-electron chi connectivity index (χ2n) is 5.52. The van der Waals surface area contributed by atoms with Crippen LogP contribution in [0.5, 0.6) is 0 Å². The molecule has 1 aromatic rings. The average molecular weight is 388 g/mol. The van der Waals surface area contributed by atoms with Gasteiger partial charge in [0.25, 0.3) is 0 Å². The van der Waals surface area contributed by atoms with Gasteiger partial charge in [0, 0.05) is 23.6 Å². The summed E-state index contributed by atoms with van der Waals surface area (Å²) in [5.74, 6) is 0.236. The predicted molar refractivity (Wildman–Crippen MR) is 101 cm³/mol. The Morgan fingerprint density at radius 2 is 2.25 bits per heavy atom. The number of fused-ring (bicyclic) bond motifs is 1. The van der Waals surface area contributed by atoms with E-state index in [1.54, 1.807) is 6.20 Å². The number of urea groups is 1. The minimum absolute atomic E-state index is 0.0640. The molecule has 9 heteroatoms. The first-order valence-electron chi connectivity index (χ1n) is 7.73. The van der Waals surface area contributed by atoms with Crippen molar-refractivity contribution in [3.05, 3.63) is 24.4 Å². The number of amides is 2. The molecule has 0 radical (unpaired) electrons. The maximum Gasteiger partial charge on any atom is 0.315 e. The number of carboxylic acid groups (broad SMARTS) is 1. The van der Waals surface area contributed by atoms with Gasteiger partial charge in [-0.1, -0.05) is 12.5 Å². The van der Waals surface area contributed by atoms with Crippen LogP contribution in [0.3, 0.4) is 0 Å². The van der Waals surface area contributed by atoms with Crippen LogP contribution >= 0.6 is 34.2 Å². The summed E-state index contributed by atoms with van der Waals surface area (Å²) in [6.45, 7) is 0. The van der Waals surface area contributed by atoms with E-state index in [0.29, 0.717) is 5.25 Å². The standard InChI is InChI=1S/C10H16N2O3S.C5H5NS2/c13-8(14)4-2-1-3-7-9-6(5-16-7)11-10(15)12-9;7-8-5-3-1-2-4-6-5/h6-7,9H,1-5H2,(H,13,14)(H2,11,12,15);1-4,7H/t6-,7-,9-;/m0./s1. The number of aromatic nitrogens is 1. The van der Waals surface area contributed by atoms with Crippen LogP contribution in [0.4, 0.5) is 4.79 Å². The molecule has 3 heterocycles. The second-order valence-corrected chi connectivity index (χ2v) is 7.94. The first-order valence-corrected chi connectivity index (χ1v) is 10.6. The molecule has 2 saturated heterocycles. The Morgan fingerprint density at radius 1 is 1.42 bits per heavy atom. The number of carboxylic acids is 1. The molecule has 132 valence electrons. The van der Waals surface area contributed by atoms with Crippen LogP contribution < -0.4 is 10.6 Å². The van der Waals surface area contributed by atoms with E-state index in [1.165, 1.54) is 10.8 Å². The van der Waals surface area contributed by atoms with Crippen LogP contribution in [0, 0.1) is 0 Å². The number of aliphatic carboxylic acids is 1. The van der Waals surface area contributed by atoms with Gasteiger partial charge in [-0.3, -0.25) is 4.79 Å². The van der Waals surface area contributed by atoms with Crippen molar-refractivity contribution in [3.63, 3.8) is 0 Å². The molecule has 6 nitrogen and oxygen atoms in total. The second kappa shape index (κ2) is 10.0. The monoisotopic (exact) mass is 387 g/mol. The molecule has 2 aliphatic rings. The lowest BCUT2D eigenvalue weighted by molar-refractivity contribution is -0.137. The van der Waals surface area contributed by atoms with E-state index in [-0.39, 0.29) is 24.5 Å². The SMILES string of the molecule is O=C(O)CCCC[C@@H]1SC[C@@H]2NC(=O)N[C@@H]21.SSc1ccccn1. The molecule has 0 spiro atoms. The van der Waals surface area contributed by atoms with Gasteiger partial charge in [0.1, 0.15) is 5.03 Å². The number of carbonyl (C=O) groups is 2. The van der Waals surface area contributed by atoms with Gasteiger partial charge in [-0.2, -0.15) is 11.8 Å². The number of pyridine rings is 1. The fourth-order valence-electron chi connectivity index (χ4n) is 2.67. The van der Waals surface area contributed by atoms with Gasteiger partial charge in [0.2, 0.25) is 0 Å². The van der Waals surface area contributed by atoms with Crippen molar-refractivity contribution < 1.29 is 14.7 Å². The first kappa shape index (κ1) is 19.3. The van der Waals surface area contributed by atoms with Crippen molar-refractivity contribution in [3.8, 4) is 0 Å². The Bertz CT molecular complexity index is 547. The third-order valence-corrected chi connectivity index (χ3v) is 6.30. The van der Waals surface area contributed by atoms with E-state index >= 15 is 0 Å². The fraction of sp³-hybridized carbons (Fsp3) is 0.533. The lowest BCUT2D eigenvalue weighted by atomic mass is 10.0. The number of nitrogens with one attached hydrogen (secondary N) is 2. The minimum Gasteiger partial charge on any atom is -0.481 e. The summed E-state index contributed by atoms with van der Waals surface area (Å²) >= 11 is 5.83. The molecule has 2 aliphatic heterocycles. The molecule has 2 amide bonds. The minimum atomic E-state index is -0.729. The maximum atomic E-state index is 11.1. The summed E-state index contributed by atoms with van der Waals surface area (Å²) in [6.07, 6.45) is 4.63. The molecule has 3 N–H and O–H groups in total. The van der Waals surface area contributed by atoms with Crippen molar-refractivity contribution in [2.45, 2.75) is 48.0 Å². The zero-order valence-corrected chi connectivity index (χ0v) is 15.6. The molecular weight excluding hydrogens is 366 g/mol. The molecule has 0 bridgehead atoms. The van der Waals surface area contributed by atoms with Gasteiger partial charge in [0.15, 0.2) is 0 Å². The van der Waals surface area contributed by atoms with Crippen LogP contribution in [-0.4, -0.2) is 45.2 Å². The molecule has 0 aliphatic carbocycles. The van der Waals surface area contributed by atoms with E-state index < -0.39 is 5.97 Å². The highest BCUT2D eigenvalue weighted by molar-refractivity contribution is 8.68. The summed E-state index contributed by atoms with van der Waals surface area (Å²) in [4.78, 5) is 25.4. The molecular formula is C15H21N3O3S3. The normalized spacial score (nSPS) is 24.4. The lowest BCUT2D eigenvalue weighted by Crippen LogP contribution is -2.36. The molecule has 3 atom stereocenters. The van der Waals surface area contributed by atoms with Crippen molar-refractivity contribution >= 4 is 46.2 Å². The molecule has 0 aromatic carbocycles. The van der Waals surface area contributed by atoms with Crippen LogP contribution in [0.15, 0.2) is 29.4 Å². The van der Waals surface area contributed by atoms with Crippen molar-refractivity contribution in [1.29, 1.82) is 0 Å². The van der Waals surface area contributed by atoms with Crippen molar-refractivity contribution in [1.82, 2.24) is 15.6 Å². The number of hydrogen-bond donors (Lipinski definition) is 4. The predicted octanol–water partition coefficient (Wildman–Crippen LogP) is 2.82. The molecule has 1 aromatic heterocycles. The van der Waals surface area contributed by atoms with Crippen LogP contribution in [0.25, 0.3) is 0 Å². The largest absolute Gasteiger partial charge is 0.481 e. The number of nitrogens with zero attached hydrogens (tertiary/aromatic N) is 1. The van der Waals surface area contributed by atoms with Crippen LogP contribution in [-0.2, 0) is 4.79 Å². The summed E-state index contributed by atoms with van der Waals surface area (Å²) < 4.78 is 0. The van der Waals surface area contributed by atoms with Gasteiger partial charge in [-0.15, -0.1) is 11.7 Å². The van der Waals surface area contributed by atoms with E-state index in [1.807, 2.05) is 30.0 Å². The fourth-order valence-corrected chi connectivity index (χ4v) is 4.78. The number of thioether (sulfide) groups is 1. The molecule has 24 heavy (non-hydrogen) atoms. The lowest BCUT2D eigenvalue weighted by Gasteiger charge is -2.16. The van der Waals surface area contributed by atoms with E-state index in [4.69, 9.17) is 5.11 Å². The van der Waals surface area contributed by atoms with Crippen LogP contribution in [0.2, 0.25) is 0 Å². The van der Waals surface area contributed by atoms with E-state index in [2.05, 4.69) is 27.3 Å². The van der Waals surface area contributed by atoms with E-state index in [9.17, 15) is 9.59 Å². The summed E-state index contributed by atoms with van der Waals surface area (Å²) in [7, 11) is 1.35. The zero-order chi connectivity index (χ0) is 17.4. The quantitative estimate of drug-likeness (QED) is 0.260. The number of unbranched alkanes of at least 4 members (excludes halogenated alkanes) is 1. The topological polar surface area (TPSA) is 91.3 Å². The molecule has 2 fully saturated rings. The maximum absolute atomic E-state index is 11.1. The molecule has 0 saturated carbocycles. The highest BCUT2D eigenvalue weighted by atomic mass is 33.1. The van der Waals surface area contributed by atoms with Gasteiger partial charge in [0.05, 0.1) is 12.1 Å². The smallest absolute Gasteiger partial charge is 0.315 e. The van der Waals surface area contributed by atoms with Gasteiger partial charge < -0.3 is 15.7 Å². The van der Waals surface area contributed by atoms with Crippen LogP contribution in [0.1, 0.15) is 25.7 Å². The van der Waals surface area contributed by atoms with Gasteiger partial charge in [-0.05, 0) is 35.8 Å². The Kier molecular flexibility index (Phi) is 8.07. The molecule has 3 rings (SSSR count). The summed E-state index contributed by atoms with van der Waals surface area (Å²) in [5, 5.41) is 15.7. The average Bonchev–Trinajstić information content (AvgIpc) is 3.12. The third-order valence-electron chi connectivity index (χ3n) is 3.80. The summed E-state index contributed by atoms with van der Waals surface area (Å²) in [6, 6.07) is 6.17. The zero-order valence-electron chi connectivity index (χ0n) is 13.1. The van der Waals surface area contributed by atoms with Crippen molar-refractivity contribution in [2.24, 2.45) is 0 Å². The first-order chi connectivity index (χ1) is 11.6. The highest BCUT2D eigenvalue weighted by Crippen LogP contribution is 2.33. The Labute approximate surface area is 154 Å². The highest BCUT2D eigenvalue weighted by Gasteiger charge is 2.42. The molecule has 0 unspecified atom stereocenters. The number of carbonyl (C=O) groups excluding carboxylic acids is 1. The number of hydrogen-bond acceptors (Lipinski definition) is 6. The van der Waals surface area contributed by atoms with Gasteiger partial charge >= 0.3 is 12.0 Å². The van der Waals surface area contributed by atoms with Gasteiger partial charge in [-0.25, -0.2) is 9.78 Å². The number of rotatable bonds is 6. The third kappa shape index (κ3) is 6.10. The van der Waals surface area contributed by atoms with E-state index in [0.717, 1.165) is 30.0 Å². The Balaban J connectivity index is 0.000000219. The Morgan fingerprint density at radius 3 is 2.88 bits per heavy atom.